The maximum atomic E-state index is 12.3. The van der Waals surface area contributed by atoms with Crippen LogP contribution in [-0.2, 0) is 4.79 Å². The number of ether oxygens (including phenoxy) is 1. The van der Waals surface area contributed by atoms with Crippen molar-refractivity contribution in [1.82, 2.24) is 9.78 Å². The van der Waals surface area contributed by atoms with E-state index < -0.39 is 0 Å². The van der Waals surface area contributed by atoms with Crippen LogP contribution in [0.2, 0.25) is 0 Å². The number of amides is 1. The number of rotatable bonds is 5. The van der Waals surface area contributed by atoms with Crippen LogP contribution in [0.3, 0.4) is 0 Å². The summed E-state index contributed by atoms with van der Waals surface area (Å²) in [4.78, 5) is 12.3. The molecule has 0 aliphatic heterocycles. The van der Waals surface area contributed by atoms with Gasteiger partial charge in [-0.1, -0.05) is 35.9 Å². The largest absolute Gasteiger partial charge is 0.483 e. The number of carbonyl (C=O) groups excluding carboxylic acids is 1. The normalized spacial score (nSPS) is 10.6. The molecule has 1 aromatic heterocycles. The third-order valence-electron chi connectivity index (χ3n) is 4.25. The van der Waals surface area contributed by atoms with E-state index in [1.165, 1.54) is 5.56 Å². The Labute approximate surface area is 153 Å². The van der Waals surface area contributed by atoms with Gasteiger partial charge in [0.25, 0.3) is 5.91 Å². The molecule has 0 bridgehead atoms. The van der Waals surface area contributed by atoms with E-state index in [1.807, 2.05) is 80.9 Å². The lowest BCUT2D eigenvalue weighted by molar-refractivity contribution is -0.118. The SMILES string of the molecule is Cc1ccc(OCC(=O)Nc2c(C)nn(-c3ccccc3)c2C)c(C)c1. The van der Waals surface area contributed by atoms with Gasteiger partial charge in [0.2, 0.25) is 0 Å². The van der Waals surface area contributed by atoms with Crippen molar-refractivity contribution < 1.29 is 9.53 Å². The van der Waals surface area contributed by atoms with Gasteiger partial charge in [0.15, 0.2) is 6.61 Å². The minimum atomic E-state index is -0.205. The Kier molecular flexibility index (Phi) is 5.07. The molecule has 0 saturated carbocycles. The van der Waals surface area contributed by atoms with E-state index in [9.17, 15) is 4.79 Å². The number of carbonyl (C=O) groups is 1. The van der Waals surface area contributed by atoms with Crippen LogP contribution in [-0.4, -0.2) is 22.3 Å². The average molecular weight is 349 g/mol. The number of nitrogens with one attached hydrogen (secondary N) is 1. The van der Waals surface area contributed by atoms with Crippen LogP contribution >= 0.6 is 0 Å². The molecule has 1 heterocycles. The van der Waals surface area contributed by atoms with Gasteiger partial charge in [-0.3, -0.25) is 4.79 Å². The average Bonchev–Trinajstić information content (AvgIpc) is 2.90. The zero-order chi connectivity index (χ0) is 18.7. The second kappa shape index (κ2) is 7.44. The predicted molar refractivity (Wildman–Crippen MR) is 103 cm³/mol. The Morgan fingerprint density at radius 2 is 1.81 bits per heavy atom. The fourth-order valence-electron chi connectivity index (χ4n) is 2.92. The van der Waals surface area contributed by atoms with E-state index in [0.717, 1.165) is 34.1 Å². The maximum absolute atomic E-state index is 12.3. The molecule has 3 rings (SSSR count). The van der Waals surface area contributed by atoms with E-state index in [2.05, 4.69) is 10.4 Å². The third-order valence-corrected chi connectivity index (χ3v) is 4.25. The van der Waals surface area contributed by atoms with Crippen LogP contribution in [0.4, 0.5) is 5.69 Å². The molecule has 0 fully saturated rings. The molecule has 0 aliphatic carbocycles. The van der Waals surface area contributed by atoms with E-state index in [0.29, 0.717) is 0 Å². The van der Waals surface area contributed by atoms with Gasteiger partial charge >= 0.3 is 0 Å². The van der Waals surface area contributed by atoms with Crippen LogP contribution in [0.25, 0.3) is 5.69 Å². The number of aromatic nitrogens is 2. The molecule has 0 atom stereocenters. The van der Waals surface area contributed by atoms with Crippen LogP contribution in [0.15, 0.2) is 48.5 Å². The standard InChI is InChI=1S/C21H23N3O2/c1-14-10-11-19(15(2)12-14)26-13-20(25)22-21-16(3)23-24(17(21)4)18-8-6-5-7-9-18/h5-12H,13H2,1-4H3,(H,22,25). The van der Waals surface area contributed by atoms with Gasteiger partial charge < -0.3 is 10.1 Å². The van der Waals surface area contributed by atoms with Gasteiger partial charge in [-0.15, -0.1) is 0 Å². The lowest BCUT2D eigenvalue weighted by Crippen LogP contribution is -2.21. The van der Waals surface area contributed by atoms with Gasteiger partial charge in [-0.2, -0.15) is 5.10 Å². The molecule has 0 radical (unpaired) electrons. The Bertz CT molecular complexity index is 930. The number of benzene rings is 2. The highest BCUT2D eigenvalue weighted by atomic mass is 16.5. The minimum Gasteiger partial charge on any atom is -0.483 e. The summed E-state index contributed by atoms with van der Waals surface area (Å²) in [6, 6.07) is 15.7. The molecule has 1 N–H and O–H groups in total. The smallest absolute Gasteiger partial charge is 0.262 e. The van der Waals surface area contributed by atoms with Crippen LogP contribution in [0, 0.1) is 27.7 Å². The third kappa shape index (κ3) is 3.77. The molecule has 1 amide bonds. The first kappa shape index (κ1) is 17.7. The molecule has 134 valence electrons. The summed E-state index contributed by atoms with van der Waals surface area (Å²) < 4.78 is 7.49. The molecule has 0 saturated heterocycles. The van der Waals surface area contributed by atoms with Gasteiger partial charge in [0.1, 0.15) is 5.75 Å². The van der Waals surface area contributed by atoms with E-state index in [-0.39, 0.29) is 12.5 Å². The summed E-state index contributed by atoms with van der Waals surface area (Å²) in [7, 11) is 0. The van der Waals surface area contributed by atoms with Crippen molar-refractivity contribution in [2.45, 2.75) is 27.7 Å². The lowest BCUT2D eigenvalue weighted by atomic mass is 10.1. The molecular formula is C21H23N3O2. The molecular weight excluding hydrogens is 326 g/mol. The van der Waals surface area contributed by atoms with Crippen molar-refractivity contribution in [2.24, 2.45) is 0 Å². The quantitative estimate of drug-likeness (QED) is 0.754. The van der Waals surface area contributed by atoms with Gasteiger partial charge in [-0.05, 0) is 51.5 Å². The Morgan fingerprint density at radius 1 is 1.08 bits per heavy atom. The van der Waals surface area contributed by atoms with Crippen molar-refractivity contribution in [3.8, 4) is 11.4 Å². The van der Waals surface area contributed by atoms with Crippen molar-refractivity contribution in [3.05, 3.63) is 71.0 Å². The Morgan fingerprint density at radius 3 is 2.50 bits per heavy atom. The fourth-order valence-corrected chi connectivity index (χ4v) is 2.92. The van der Waals surface area contributed by atoms with Crippen molar-refractivity contribution in [2.75, 3.05) is 11.9 Å². The summed E-state index contributed by atoms with van der Waals surface area (Å²) in [6.07, 6.45) is 0. The predicted octanol–water partition coefficient (Wildman–Crippen LogP) is 4.12. The molecule has 0 unspecified atom stereocenters. The lowest BCUT2D eigenvalue weighted by Gasteiger charge is -2.10. The van der Waals surface area contributed by atoms with Crippen molar-refractivity contribution in [3.63, 3.8) is 0 Å². The zero-order valence-corrected chi connectivity index (χ0v) is 15.5. The number of hydrogen-bond donors (Lipinski definition) is 1. The minimum absolute atomic E-state index is 0.0424. The topological polar surface area (TPSA) is 56.1 Å². The van der Waals surface area contributed by atoms with Crippen LogP contribution in [0.5, 0.6) is 5.75 Å². The van der Waals surface area contributed by atoms with Crippen molar-refractivity contribution >= 4 is 11.6 Å². The highest BCUT2D eigenvalue weighted by Gasteiger charge is 2.15. The van der Waals surface area contributed by atoms with Gasteiger partial charge in [0.05, 0.1) is 22.8 Å². The van der Waals surface area contributed by atoms with Crippen molar-refractivity contribution in [1.29, 1.82) is 0 Å². The Hall–Kier alpha value is -3.08. The van der Waals surface area contributed by atoms with Gasteiger partial charge in [-0.25, -0.2) is 4.68 Å². The number of anilines is 1. The molecule has 2 aromatic carbocycles. The second-order valence-electron chi connectivity index (χ2n) is 6.40. The summed E-state index contributed by atoms with van der Waals surface area (Å²) in [5.74, 6) is 0.517. The highest BCUT2D eigenvalue weighted by Crippen LogP contribution is 2.23. The summed E-state index contributed by atoms with van der Waals surface area (Å²) in [5.41, 5.74) is 5.52. The zero-order valence-electron chi connectivity index (χ0n) is 15.5. The van der Waals surface area contributed by atoms with E-state index >= 15 is 0 Å². The number of hydrogen-bond acceptors (Lipinski definition) is 3. The number of aryl methyl sites for hydroxylation is 3. The summed E-state index contributed by atoms with van der Waals surface area (Å²) in [5, 5.41) is 7.46. The first-order valence-corrected chi connectivity index (χ1v) is 8.57. The van der Waals surface area contributed by atoms with Crippen LogP contribution < -0.4 is 10.1 Å². The Balaban J connectivity index is 1.71. The fraction of sp³-hybridized carbons (Fsp3) is 0.238. The molecule has 3 aromatic rings. The summed E-state index contributed by atoms with van der Waals surface area (Å²) in [6.45, 7) is 7.78. The number of para-hydroxylation sites is 1. The molecule has 5 heteroatoms. The first-order chi connectivity index (χ1) is 12.5. The monoisotopic (exact) mass is 349 g/mol. The molecule has 0 spiro atoms. The van der Waals surface area contributed by atoms with Gasteiger partial charge in [0, 0.05) is 0 Å². The molecule has 26 heavy (non-hydrogen) atoms. The first-order valence-electron chi connectivity index (χ1n) is 8.57. The number of nitrogens with zero attached hydrogens (tertiary/aromatic N) is 2. The molecule has 0 aliphatic rings. The second-order valence-corrected chi connectivity index (χ2v) is 6.40. The van der Waals surface area contributed by atoms with E-state index in [1.54, 1.807) is 0 Å². The highest BCUT2D eigenvalue weighted by molar-refractivity contribution is 5.93. The summed E-state index contributed by atoms with van der Waals surface area (Å²) >= 11 is 0. The maximum Gasteiger partial charge on any atom is 0.262 e. The van der Waals surface area contributed by atoms with Crippen LogP contribution in [0.1, 0.15) is 22.5 Å². The molecule has 5 nitrogen and oxygen atoms in total. The van der Waals surface area contributed by atoms with E-state index in [4.69, 9.17) is 4.74 Å².